The van der Waals surface area contributed by atoms with Gasteiger partial charge in [-0.3, -0.25) is 9.78 Å². The molecule has 0 fully saturated rings. The Morgan fingerprint density at radius 2 is 2.03 bits per heavy atom. The Balaban J connectivity index is 2.02. The molecule has 0 radical (unpaired) electrons. The van der Waals surface area contributed by atoms with Gasteiger partial charge in [0.05, 0.1) is 23.6 Å². The molecule has 0 atom stereocenters. The summed E-state index contributed by atoms with van der Waals surface area (Å²) < 4.78 is 64.1. The van der Waals surface area contributed by atoms with Crippen LogP contribution in [-0.4, -0.2) is 38.0 Å². The molecule has 3 aromatic heterocycles. The lowest BCUT2D eigenvalue weighted by atomic mass is 9.98. The lowest BCUT2D eigenvalue weighted by molar-refractivity contribution is -0.0338. The van der Waals surface area contributed by atoms with Gasteiger partial charge >= 0.3 is 5.92 Å². The Hall–Kier alpha value is -3.18. The zero-order valence-electron chi connectivity index (χ0n) is 17.4. The number of benzene rings is 1. The Kier molecular flexibility index (Phi) is 6.76. The van der Waals surface area contributed by atoms with Crippen LogP contribution in [0.5, 0.6) is 0 Å². The Labute approximate surface area is 199 Å². The molecule has 176 valence electrons. The van der Waals surface area contributed by atoms with Crippen molar-refractivity contribution >= 4 is 28.5 Å². The summed E-state index contributed by atoms with van der Waals surface area (Å²) in [4.78, 5) is 16.8. The molecular formula is C22H15ClF4N4O2S. The van der Waals surface area contributed by atoms with E-state index in [9.17, 15) is 22.4 Å². The highest BCUT2D eigenvalue weighted by atomic mass is 35.5. The molecule has 0 bridgehead atoms. The molecular weight excluding hydrogens is 496 g/mol. The predicted octanol–water partition coefficient (Wildman–Crippen LogP) is 6.03. The van der Waals surface area contributed by atoms with Crippen LogP contribution in [0.2, 0.25) is 0 Å². The van der Waals surface area contributed by atoms with Crippen LogP contribution in [0.1, 0.15) is 21.6 Å². The van der Waals surface area contributed by atoms with Crippen LogP contribution in [-0.2, 0) is 11.8 Å². The maximum Gasteiger partial charge on any atom is 0.318 e. The molecule has 0 aliphatic heterocycles. The average Bonchev–Trinajstić information content (AvgIpc) is 3.49. The van der Waals surface area contributed by atoms with Gasteiger partial charge in [0.15, 0.2) is 12.4 Å². The Morgan fingerprint density at radius 3 is 2.68 bits per heavy atom. The van der Waals surface area contributed by atoms with Gasteiger partial charge < -0.3 is 4.52 Å². The van der Waals surface area contributed by atoms with Crippen LogP contribution in [0, 0.1) is 5.82 Å². The zero-order chi connectivity index (χ0) is 24.5. The van der Waals surface area contributed by atoms with Gasteiger partial charge in [-0.05, 0) is 30.0 Å². The number of alkyl halides is 4. The van der Waals surface area contributed by atoms with E-state index in [1.165, 1.54) is 42.9 Å². The van der Waals surface area contributed by atoms with Crippen LogP contribution in [0.25, 0.3) is 28.3 Å². The van der Waals surface area contributed by atoms with E-state index in [2.05, 4.69) is 15.2 Å². The number of thioether (sulfide) groups is 1. The fourth-order valence-corrected chi connectivity index (χ4v) is 4.10. The number of aromatic nitrogens is 4. The summed E-state index contributed by atoms with van der Waals surface area (Å²) >= 11 is 6.69. The van der Waals surface area contributed by atoms with E-state index in [-0.39, 0.29) is 34.0 Å². The highest BCUT2D eigenvalue weighted by Gasteiger charge is 2.42. The van der Waals surface area contributed by atoms with Crippen molar-refractivity contribution < 1.29 is 26.9 Å². The fraction of sp³-hybridized carbons (Fsp3) is 0.182. The van der Waals surface area contributed by atoms with Crippen LogP contribution in [0.3, 0.4) is 0 Å². The van der Waals surface area contributed by atoms with Crippen LogP contribution < -0.4 is 0 Å². The third-order valence-corrected chi connectivity index (χ3v) is 5.84. The van der Waals surface area contributed by atoms with Crippen molar-refractivity contribution in [3.63, 3.8) is 0 Å². The van der Waals surface area contributed by atoms with Gasteiger partial charge in [-0.15, -0.1) is 11.6 Å². The molecule has 1 aromatic carbocycles. The number of hydrogen-bond acceptors (Lipinski definition) is 6. The molecule has 0 saturated carbocycles. The quantitative estimate of drug-likeness (QED) is 0.223. The highest BCUT2D eigenvalue weighted by molar-refractivity contribution is 8.13. The summed E-state index contributed by atoms with van der Waals surface area (Å²) in [5.41, 5.74) is -1.34. The van der Waals surface area contributed by atoms with Gasteiger partial charge in [-0.25, -0.2) is 13.5 Å². The Morgan fingerprint density at radius 1 is 1.24 bits per heavy atom. The predicted molar refractivity (Wildman–Crippen MR) is 120 cm³/mol. The van der Waals surface area contributed by atoms with E-state index < -0.39 is 35.0 Å². The number of nitrogens with zero attached hydrogens (tertiary/aromatic N) is 4. The molecule has 4 rings (SSSR count). The maximum absolute atomic E-state index is 14.9. The molecule has 0 aliphatic carbocycles. The standard InChI is InChI=1S/C22H15ClF4N4O2S/c1-34-21(32)17-18(16-12(8-23)4-2-6-15(16)25)30-33-19(17)14-10-29-31(13-5-3-7-28-9-13)20(14)22(26,27)11-24/h2-7,9-10H,8,11H2,1H3. The van der Waals surface area contributed by atoms with Crippen molar-refractivity contribution in [1.29, 1.82) is 0 Å². The van der Waals surface area contributed by atoms with Crippen molar-refractivity contribution in [2.24, 2.45) is 0 Å². The SMILES string of the molecule is CSC(=O)c1c(-c2c(F)cccc2CCl)noc1-c1cnn(-c2cccnc2)c1C(F)(F)CF. The molecule has 3 heterocycles. The lowest BCUT2D eigenvalue weighted by Gasteiger charge is -2.16. The number of carbonyl (C=O) groups excluding carboxylic acids is 1. The Bertz CT molecular complexity index is 1340. The molecule has 12 heteroatoms. The van der Waals surface area contributed by atoms with E-state index >= 15 is 0 Å². The minimum atomic E-state index is -4.01. The molecule has 0 N–H and O–H groups in total. The number of hydrogen-bond donors (Lipinski definition) is 0. The average molecular weight is 511 g/mol. The molecule has 6 nitrogen and oxygen atoms in total. The molecule has 0 spiro atoms. The topological polar surface area (TPSA) is 73.8 Å². The van der Waals surface area contributed by atoms with E-state index in [1.54, 1.807) is 0 Å². The summed E-state index contributed by atoms with van der Waals surface area (Å²) in [5, 5.41) is 7.18. The molecule has 0 saturated heterocycles. The van der Waals surface area contributed by atoms with Gasteiger partial charge in [0.2, 0.25) is 5.12 Å². The van der Waals surface area contributed by atoms with Gasteiger partial charge in [-0.2, -0.15) is 13.9 Å². The number of carbonyl (C=O) groups is 1. The molecule has 0 amide bonds. The van der Waals surface area contributed by atoms with Crippen molar-refractivity contribution in [2.75, 3.05) is 12.9 Å². The lowest BCUT2D eigenvalue weighted by Crippen LogP contribution is -2.22. The van der Waals surface area contributed by atoms with Crippen molar-refractivity contribution in [3.05, 3.63) is 71.6 Å². The second-order valence-electron chi connectivity index (χ2n) is 7.00. The van der Waals surface area contributed by atoms with E-state index in [1.807, 2.05) is 0 Å². The van der Waals surface area contributed by atoms with Crippen molar-refractivity contribution in [1.82, 2.24) is 19.9 Å². The minimum Gasteiger partial charge on any atom is -0.355 e. The summed E-state index contributed by atoms with van der Waals surface area (Å²) in [5.74, 6) is -5.23. The maximum atomic E-state index is 14.9. The monoisotopic (exact) mass is 510 g/mol. The molecule has 0 aliphatic rings. The largest absolute Gasteiger partial charge is 0.355 e. The van der Waals surface area contributed by atoms with Crippen molar-refractivity contribution in [2.45, 2.75) is 11.8 Å². The van der Waals surface area contributed by atoms with Crippen LogP contribution >= 0.6 is 23.4 Å². The molecule has 4 aromatic rings. The van der Waals surface area contributed by atoms with E-state index in [0.717, 1.165) is 28.7 Å². The summed E-state index contributed by atoms with van der Waals surface area (Å²) in [7, 11) is 0. The number of rotatable bonds is 7. The van der Waals surface area contributed by atoms with Crippen LogP contribution in [0.15, 0.2) is 53.4 Å². The first-order valence-electron chi connectivity index (χ1n) is 9.68. The zero-order valence-corrected chi connectivity index (χ0v) is 19.0. The first-order valence-corrected chi connectivity index (χ1v) is 11.4. The highest BCUT2D eigenvalue weighted by Crippen LogP contribution is 2.43. The van der Waals surface area contributed by atoms with Crippen molar-refractivity contribution in [3.8, 4) is 28.3 Å². The summed E-state index contributed by atoms with van der Waals surface area (Å²) in [6.07, 6.45) is 5.17. The fourth-order valence-electron chi connectivity index (χ4n) is 3.49. The number of pyridine rings is 1. The molecule has 34 heavy (non-hydrogen) atoms. The van der Waals surface area contributed by atoms with E-state index in [0.29, 0.717) is 5.56 Å². The van der Waals surface area contributed by atoms with Gasteiger partial charge in [0.1, 0.15) is 22.8 Å². The normalized spacial score (nSPS) is 11.7. The van der Waals surface area contributed by atoms with Gasteiger partial charge in [0, 0.05) is 17.6 Å². The van der Waals surface area contributed by atoms with Gasteiger partial charge in [-0.1, -0.05) is 29.1 Å². The minimum absolute atomic E-state index is 0.0941. The van der Waals surface area contributed by atoms with E-state index in [4.69, 9.17) is 16.1 Å². The number of halogens is 5. The first-order chi connectivity index (χ1) is 16.3. The second kappa shape index (κ2) is 9.59. The van der Waals surface area contributed by atoms with Crippen LogP contribution in [0.4, 0.5) is 17.6 Å². The van der Waals surface area contributed by atoms with Gasteiger partial charge in [0.25, 0.3) is 0 Å². The third-order valence-electron chi connectivity index (χ3n) is 4.98. The third kappa shape index (κ3) is 4.09. The first kappa shape index (κ1) is 24.0. The second-order valence-corrected chi connectivity index (χ2v) is 8.05. The summed E-state index contributed by atoms with van der Waals surface area (Å²) in [6.45, 7) is -2.04. The summed E-state index contributed by atoms with van der Waals surface area (Å²) in [6, 6.07) is 7.07. The smallest absolute Gasteiger partial charge is 0.318 e. The molecule has 0 unspecified atom stereocenters.